The molecule has 0 saturated carbocycles. The van der Waals surface area contributed by atoms with Crippen LogP contribution >= 0.6 is 0 Å². The minimum atomic E-state index is -0.495. The third-order valence-electron chi connectivity index (χ3n) is 2.10. The van der Waals surface area contributed by atoms with Crippen LogP contribution in [0.25, 0.3) is 0 Å². The summed E-state index contributed by atoms with van der Waals surface area (Å²) in [5.74, 6) is -0.917. The molecule has 1 aliphatic rings. The molecule has 0 atom stereocenters. The largest absolute Gasteiger partial charge is 0.341 e. The van der Waals surface area contributed by atoms with Gasteiger partial charge in [0.05, 0.1) is 5.54 Å². The van der Waals surface area contributed by atoms with Crippen molar-refractivity contribution in [2.45, 2.75) is 39.3 Å². The van der Waals surface area contributed by atoms with Gasteiger partial charge in [-0.3, -0.25) is 9.59 Å². The molecule has 0 aromatic heterocycles. The number of carbonyl (C=O) groups is 2. The van der Waals surface area contributed by atoms with E-state index >= 15 is 0 Å². The second kappa shape index (κ2) is 3.01. The zero-order valence-electron chi connectivity index (χ0n) is 8.55. The minimum Gasteiger partial charge on any atom is -0.341 e. The van der Waals surface area contributed by atoms with Crippen LogP contribution in [0.4, 0.5) is 0 Å². The van der Waals surface area contributed by atoms with Crippen LogP contribution in [0.5, 0.6) is 0 Å². The number of carbonyl (C=O) groups excluding carboxylic acids is 2. The van der Waals surface area contributed by atoms with Gasteiger partial charge >= 0.3 is 11.8 Å². The maximum absolute atomic E-state index is 11.4. The van der Waals surface area contributed by atoms with Crippen molar-refractivity contribution in [1.82, 2.24) is 10.2 Å². The number of rotatable bonds is 1. The first-order valence-electron chi connectivity index (χ1n) is 4.46. The summed E-state index contributed by atoms with van der Waals surface area (Å²) in [7, 11) is 0. The third kappa shape index (κ3) is 1.99. The van der Waals surface area contributed by atoms with Gasteiger partial charge in [-0.1, -0.05) is 0 Å². The molecule has 1 rings (SSSR count). The van der Waals surface area contributed by atoms with E-state index in [2.05, 4.69) is 5.32 Å². The zero-order chi connectivity index (χ0) is 10.2. The molecule has 0 bridgehead atoms. The van der Waals surface area contributed by atoms with Crippen LogP contribution in [0.3, 0.4) is 0 Å². The van der Waals surface area contributed by atoms with Crippen LogP contribution in [0.1, 0.15) is 27.7 Å². The van der Waals surface area contributed by atoms with Crippen molar-refractivity contribution in [3.63, 3.8) is 0 Å². The smallest absolute Gasteiger partial charge is 0.312 e. The summed E-state index contributed by atoms with van der Waals surface area (Å²) in [6.45, 7) is 8.22. The summed E-state index contributed by atoms with van der Waals surface area (Å²) in [6, 6.07) is 0.0813. The highest BCUT2D eigenvalue weighted by Gasteiger charge is 2.37. The molecule has 0 aromatic rings. The summed E-state index contributed by atoms with van der Waals surface area (Å²) in [5, 5.41) is 2.66. The molecule has 1 fully saturated rings. The lowest BCUT2D eigenvalue weighted by molar-refractivity contribution is -0.152. The molecule has 1 N–H and O–H groups in total. The average molecular weight is 184 g/mol. The molecular formula is C9H16N2O2. The molecule has 0 spiro atoms. The van der Waals surface area contributed by atoms with Gasteiger partial charge in [0.1, 0.15) is 0 Å². The number of hydrogen-bond acceptors (Lipinski definition) is 2. The van der Waals surface area contributed by atoms with Crippen molar-refractivity contribution < 1.29 is 9.59 Å². The number of piperazine rings is 1. The SMILES string of the molecule is CC(C)N1CC(C)(C)NC(=O)C1=O. The van der Waals surface area contributed by atoms with Crippen molar-refractivity contribution in [3.05, 3.63) is 0 Å². The standard InChI is InChI=1S/C9H16N2O2/c1-6(2)11-5-9(3,4)10-7(12)8(11)13/h6H,5H2,1-4H3,(H,10,12). The Hall–Kier alpha value is -1.06. The lowest BCUT2D eigenvalue weighted by atomic mass is 10.0. The summed E-state index contributed by atoms with van der Waals surface area (Å²) in [4.78, 5) is 24.2. The summed E-state index contributed by atoms with van der Waals surface area (Å²) in [5.41, 5.74) is -0.310. The van der Waals surface area contributed by atoms with Gasteiger partial charge in [-0.05, 0) is 27.7 Å². The van der Waals surface area contributed by atoms with Crippen LogP contribution in [0.15, 0.2) is 0 Å². The monoisotopic (exact) mass is 184 g/mol. The van der Waals surface area contributed by atoms with Crippen LogP contribution in [0.2, 0.25) is 0 Å². The Bertz CT molecular complexity index is 246. The Morgan fingerprint density at radius 1 is 1.38 bits per heavy atom. The molecule has 0 aliphatic carbocycles. The normalized spacial score (nSPS) is 22.1. The predicted molar refractivity (Wildman–Crippen MR) is 49.1 cm³/mol. The fourth-order valence-corrected chi connectivity index (χ4v) is 1.45. The molecular weight excluding hydrogens is 168 g/mol. The first kappa shape index (κ1) is 10.0. The van der Waals surface area contributed by atoms with Crippen molar-refractivity contribution in [1.29, 1.82) is 0 Å². The van der Waals surface area contributed by atoms with Crippen LogP contribution in [-0.2, 0) is 9.59 Å². The average Bonchev–Trinajstić information content (AvgIpc) is 1.95. The Balaban J connectivity index is 2.85. The van der Waals surface area contributed by atoms with Crippen molar-refractivity contribution in [2.75, 3.05) is 6.54 Å². The van der Waals surface area contributed by atoms with Gasteiger partial charge in [-0.25, -0.2) is 0 Å². The minimum absolute atomic E-state index is 0.0813. The van der Waals surface area contributed by atoms with Gasteiger partial charge in [-0.2, -0.15) is 0 Å². The van der Waals surface area contributed by atoms with E-state index in [0.717, 1.165) is 0 Å². The van der Waals surface area contributed by atoms with E-state index in [4.69, 9.17) is 0 Å². The molecule has 0 radical (unpaired) electrons. The molecule has 1 heterocycles. The van der Waals surface area contributed by atoms with Crippen molar-refractivity contribution in [2.24, 2.45) is 0 Å². The Morgan fingerprint density at radius 3 is 2.38 bits per heavy atom. The van der Waals surface area contributed by atoms with E-state index in [1.807, 2.05) is 27.7 Å². The van der Waals surface area contributed by atoms with E-state index in [0.29, 0.717) is 6.54 Å². The third-order valence-corrected chi connectivity index (χ3v) is 2.10. The lowest BCUT2D eigenvalue weighted by Gasteiger charge is -2.40. The zero-order valence-corrected chi connectivity index (χ0v) is 8.55. The maximum Gasteiger partial charge on any atom is 0.312 e. The quantitative estimate of drug-likeness (QED) is 0.589. The van der Waals surface area contributed by atoms with E-state index < -0.39 is 11.8 Å². The van der Waals surface area contributed by atoms with Gasteiger partial charge in [0, 0.05) is 12.6 Å². The fourth-order valence-electron chi connectivity index (χ4n) is 1.45. The van der Waals surface area contributed by atoms with Gasteiger partial charge in [0.25, 0.3) is 0 Å². The van der Waals surface area contributed by atoms with Gasteiger partial charge in [0.2, 0.25) is 0 Å². The summed E-state index contributed by atoms with van der Waals surface area (Å²) >= 11 is 0. The molecule has 0 aromatic carbocycles. The first-order chi connectivity index (χ1) is 5.83. The number of amides is 2. The highest BCUT2D eigenvalue weighted by molar-refractivity contribution is 6.35. The molecule has 4 heteroatoms. The molecule has 74 valence electrons. The van der Waals surface area contributed by atoms with Crippen LogP contribution in [0, 0.1) is 0 Å². The number of nitrogens with zero attached hydrogens (tertiary/aromatic N) is 1. The highest BCUT2D eigenvalue weighted by atomic mass is 16.2. The van der Waals surface area contributed by atoms with Gasteiger partial charge in [0.15, 0.2) is 0 Å². The fraction of sp³-hybridized carbons (Fsp3) is 0.778. The molecule has 2 amide bonds. The van der Waals surface area contributed by atoms with Crippen LogP contribution < -0.4 is 5.32 Å². The van der Waals surface area contributed by atoms with E-state index in [9.17, 15) is 9.59 Å². The van der Waals surface area contributed by atoms with Gasteiger partial charge < -0.3 is 10.2 Å². The second-order valence-corrected chi connectivity index (χ2v) is 4.36. The number of hydrogen-bond donors (Lipinski definition) is 1. The van der Waals surface area contributed by atoms with Crippen molar-refractivity contribution >= 4 is 11.8 Å². The maximum atomic E-state index is 11.4. The lowest BCUT2D eigenvalue weighted by Crippen LogP contribution is -2.64. The van der Waals surface area contributed by atoms with E-state index in [1.165, 1.54) is 0 Å². The molecule has 1 aliphatic heterocycles. The predicted octanol–water partition coefficient (Wildman–Crippen LogP) is 0.132. The summed E-state index contributed by atoms with van der Waals surface area (Å²) < 4.78 is 0. The second-order valence-electron chi connectivity index (χ2n) is 4.36. The number of nitrogens with one attached hydrogen (secondary N) is 1. The Morgan fingerprint density at radius 2 is 1.92 bits per heavy atom. The van der Waals surface area contributed by atoms with Crippen molar-refractivity contribution in [3.8, 4) is 0 Å². The van der Waals surface area contributed by atoms with Gasteiger partial charge in [-0.15, -0.1) is 0 Å². The molecule has 1 saturated heterocycles. The summed E-state index contributed by atoms with van der Waals surface area (Å²) in [6.07, 6.45) is 0. The van der Waals surface area contributed by atoms with E-state index in [1.54, 1.807) is 4.90 Å². The highest BCUT2D eigenvalue weighted by Crippen LogP contribution is 2.14. The Kier molecular flexibility index (Phi) is 2.32. The molecule has 0 unspecified atom stereocenters. The Labute approximate surface area is 78.3 Å². The van der Waals surface area contributed by atoms with E-state index in [-0.39, 0.29) is 11.6 Å². The first-order valence-corrected chi connectivity index (χ1v) is 4.46. The van der Waals surface area contributed by atoms with Crippen LogP contribution in [-0.4, -0.2) is 34.8 Å². The molecule has 13 heavy (non-hydrogen) atoms. The topological polar surface area (TPSA) is 49.4 Å². The molecule has 4 nitrogen and oxygen atoms in total.